The lowest BCUT2D eigenvalue weighted by atomic mass is 9.84. The number of hydrogen-bond donors (Lipinski definition) is 2. The van der Waals surface area contributed by atoms with Gasteiger partial charge in [-0.1, -0.05) is 18.9 Å². The Balaban J connectivity index is 1.63. The Kier molecular flexibility index (Phi) is 5.48. The lowest BCUT2D eigenvalue weighted by Gasteiger charge is -2.27. The van der Waals surface area contributed by atoms with Crippen LogP contribution < -0.4 is 5.32 Å². The van der Waals surface area contributed by atoms with Crippen LogP contribution in [0.2, 0.25) is 0 Å². The van der Waals surface area contributed by atoms with Crippen molar-refractivity contribution in [3.8, 4) is 11.1 Å². The van der Waals surface area contributed by atoms with E-state index in [4.69, 9.17) is 0 Å². The summed E-state index contributed by atoms with van der Waals surface area (Å²) in [7, 11) is 1.81. The number of amides is 1. The molecule has 0 saturated heterocycles. The van der Waals surface area contributed by atoms with Crippen LogP contribution in [0.25, 0.3) is 11.1 Å². The first-order valence-electron chi connectivity index (χ1n) is 8.79. The summed E-state index contributed by atoms with van der Waals surface area (Å²) in [5.74, 6) is -0.739. The van der Waals surface area contributed by atoms with E-state index in [1.54, 1.807) is 30.1 Å². The molecular weight excluding hydrogens is 321 g/mol. The molecule has 6 heteroatoms. The molecule has 2 N–H and O–H groups in total. The fraction of sp³-hybridized carbons (Fsp3) is 0.474. The monoisotopic (exact) mass is 345 g/mol. The lowest BCUT2D eigenvalue weighted by molar-refractivity contribution is 0.0643. The lowest BCUT2D eigenvalue weighted by Crippen LogP contribution is -2.31. The van der Waals surface area contributed by atoms with Crippen LogP contribution in [0, 0.1) is 11.7 Å². The second-order valence-corrected chi connectivity index (χ2v) is 6.75. The summed E-state index contributed by atoms with van der Waals surface area (Å²) in [5.41, 5.74) is 1.62. The first kappa shape index (κ1) is 17.6. The molecule has 0 bridgehead atoms. The molecule has 1 heterocycles. The molecule has 0 aliphatic heterocycles. The molecule has 134 valence electrons. The van der Waals surface area contributed by atoms with E-state index in [0.29, 0.717) is 6.54 Å². The van der Waals surface area contributed by atoms with Gasteiger partial charge in [0.2, 0.25) is 0 Å². The maximum Gasteiger partial charge on any atom is 0.254 e. The Morgan fingerprint density at radius 1 is 1.36 bits per heavy atom. The zero-order valence-electron chi connectivity index (χ0n) is 14.4. The van der Waals surface area contributed by atoms with Gasteiger partial charge in [-0.05, 0) is 42.9 Å². The highest BCUT2D eigenvalue weighted by atomic mass is 19.1. The number of nitrogens with zero attached hydrogens (tertiary/aromatic N) is 2. The summed E-state index contributed by atoms with van der Waals surface area (Å²) < 4.78 is 15.7. The number of hydrogen-bond acceptors (Lipinski definition) is 3. The highest BCUT2D eigenvalue weighted by Crippen LogP contribution is 2.26. The quantitative estimate of drug-likeness (QED) is 0.876. The highest BCUT2D eigenvalue weighted by Gasteiger charge is 2.23. The molecule has 1 aliphatic carbocycles. The van der Waals surface area contributed by atoms with Crippen molar-refractivity contribution >= 4 is 5.91 Å². The molecule has 5 nitrogen and oxygen atoms in total. The number of carbonyl (C=O) groups is 1. The van der Waals surface area contributed by atoms with Crippen molar-refractivity contribution < 1.29 is 14.3 Å². The zero-order chi connectivity index (χ0) is 17.8. The maximum absolute atomic E-state index is 14.1. The molecule has 1 fully saturated rings. The van der Waals surface area contributed by atoms with E-state index < -0.39 is 11.7 Å². The number of rotatable bonds is 5. The van der Waals surface area contributed by atoms with Crippen molar-refractivity contribution in [3.63, 3.8) is 0 Å². The van der Waals surface area contributed by atoms with Gasteiger partial charge >= 0.3 is 0 Å². The topological polar surface area (TPSA) is 67.2 Å². The number of carbonyl (C=O) groups excluding carboxylic acids is 1. The molecule has 0 spiro atoms. The predicted octanol–water partition coefficient (Wildman–Crippen LogP) is 2.90. The summed E-state index contributed by atoms with van der Waals surface area (Å²) in [6, 6.07) is 4.50. The number of benzene rings is 1. The van der Waals surface area contributed by atoms with E-state index in [1.807, 2.05) is 6.20 Å². The van der Waals surface area contributed by atoms with Crippen molar-refractivity contribution in [2.45, 2.75) is 38.2 Å². The molecule has 3 rings (SSSR count). The van der Waals surface area contributed by atoms with Crippen LogP contribution in [0.15, 0.2) is 30.6 Å². The van der Waals surface area contributed by atoms with Gasteiger partial charge in [-0.3, -0.25) is 9.48 Å². The summed E-state index contributed by atoms with van der Waals surface area (Å²) in [5, 5.41) is 16.9. The molecule has 1 aromatic heterocycles. The Labute approximate surface area is 146 Å². The Bertz CT molecular complexity index is 744. The van der Waals surface area contributed by atoms with Gasteiger partial charge in [0.25, 0.3) is 5.91 Å². The highest BCUT2D eigenvalue weighted by molar-refractivity contribution is 5.95. The van der Waals surface area contributed by atoms with Crippen molar-refractivity contribution in [2.75, 3.05) is 6.54 Å². The maximum atomic E-state index is 14.1. The largest absolute Gasteiger partial charge is 0.393 e. The third kappa shape index (κ3) is 4.25. The van der Waals surface area contributed by atoms with E-state index >= 15 is 0 Å². The van der Waals surface area contributed by atoms with Gasteiger partial charge in [0.15, 0.2) is 0 Å². The molecule has 0 unspecified atom stereocenters. The Morgan fingerprint density at radius 3 is 2.88 bits per heavy atom. The van der Waals surface area contributed by atoms with E-state index in [1.165, 1.54) is 6.07 Å². The van der Waals surface area contributed by atoms with Crippen molar-refractivity contribution in [1.29, 1.82) is 0 Å². The zero-order valence-corrected chi connectivity index (χ0v) is 14.4. The average Bonchev–Trinajstić information content (AvgIpc) is 3.03. The predicted molar refractivity (Wildman–Crippen MR) is 93.5 cm³/mol. The van der Waals surface area contributed by atoms with Gasteiger partial charge < -0.3 is 10.4 Å². The van der Waals surface area contributed by atoms with Gasteiger partial charge in [0.05, 0.1) is 17.9 Å². The molecular formula is C19H24FN3O2. The molecule has 25 heavy (non-hydrogen) atoms. The minimum absolute atomic E-state index is 0.0329. The second-order valence-electron chi connectivity index (χ2n) is 6.75. The van der Waals surface area contributed by atoms with E-state index in [-0.39, 0.29) is 17.6 Å². The SMILES string of the molecule is Cn1cc(-c2ccc(F)c(C(=O)NCC[C@@H]3CCCC[C@@H]3O)c2)cn1. The van der Waals surface area contributed by atoms with Gasteiger partial charge in [0.1, 0.15) is 5.82 Å². The van der Waals surface area contributed by atoms with Crippen LogP contribution >= 0.6 is 0 Å². The minimum atomic E-state index is -0.539. The fourth-order valence-electron chi connectivity index (χ4n) is 3.44. The van der Waals surface area contributed by atoms with Gasteiger partial charge in [-0.15, -0.1) is 0 Å². The summed E-state index contributed by atoms with van der Waals surface area (Å²) in [6.07, 6.45) is 7.95. The molecule has 2 atom stereocenters. The summed E-state index contributed by atoms with van der Waals surface area (Å²) in [6.45, 7) is 0.442. The Hall–Kier alpha value is -2.21. The first-order chi connectivity index (χ1) is 12.0. The number of aromatic nitrogens is 2. The Morgan fingerprint density at radius 2 is 2.16 bits per heavy atom. The van der Waals surface area contributed by atoms with Crippen LogP contribution in [-0.4, -0.2) is 33.4 Å². The summed E-state index contributed by atoms with van der Waals surface area (Å²) >= 11 is 0. The average molecular weight is 345 g/mol. The van der Waals surface area contributed by atoms with Gasteiger partial charge in [-0.2, -0.15) is 5.10 Å². The smallest absolute Gasteiger partial charge is 0.254 e. The number of aryl methyl sites for hydroxylation is 1. The van der Waals surface area contributed by atoms with Crippen LogP contribution in [0.1, 0.15) is 42.5 Å². The van der Waals surface area contributed by atoms with E-state index in [0.717, 1.165) is 43.2 Å². The van der Waals surface area contributed by atoms with E-state index in [2.05, 4.69) is 10.4 Å². The minimum Gasteiger partial charge on any atom is -0.393 e. The first-order valence-corrected chi connectivity index (χ1v) is 8.79. The van der Waals surface area contributed by atoms with Gasteiger partial charge in [-0.25, -0.2) is 4.39 Å². The van der Waals surface area contributed by atoms with Crippen LogP contribution in [0.3, 0.4) is 0 Å². The third-order valence-corrected chi connectivity index (χ3v) is 4.92. The fourth-order valence-corrected chi connectivity index (χ4v) is 3.44. The van der Waals surface area contributed by atoms with Gasteiger partial charge in [0, 0.05) is 25.4 Å². The number of aliphatic hydroxyl groups excluding tert-OH is 1. The molecule has 1 saturated carbocycles. The second kappa shape index (κ2) is 7.78. The molecule has 1 aliphatic rings. The van der Waals surface area contributed by atoms with Crippen molar-refractivity contribution in [3.05, 3.63) is 42.0 Å². The summed E-state index contributed by atoms with van der Waals surface area (Å²) in [4.78, 5) is 12.3. The van der Waals surface area contributed by atoms with E-state index in [9.17, 15) is 14.3 Å². The number of halogens is 1. The van der Waals surface area contributed by atoms with Crippen LogP contribution in [0.4, 0.5) is 4.39 Å². The molecule has 2 aromatic rings. The number of nitrogens with one attached hydrogen (secondary N) is 1. The molecule has 0 radical (unpaired) electrons. The van der Waals surface area contributed by atoms with Crippen molar-refractivity contribution in [1.82, 2.24) is 15.1 Å². The normalized spacial score (nSPS) is 20.4. The number of aliphatic hydroxyl groups is 1. The standard InChI is InChI=1S/C19H24FN3O2/c1-23-12-15(11-22-23)14-6-7-17(20)16(10-14)19(25)21-9-8-13-4-2-3-5-18(13)24/h6-7,10-13,18,24H,2-5,8-9H2,1H3,(H,21,25)/t13-,18-/m0/s1. The van der Waals surface area contributed by atoms with Crippen LogP contribution in [0.5, 0.6) is 0 Å². The van der Waals surface area contributed by atoms with Crippen LogP contribution in [-0.2, 0) is 7.05 Å². The molecule has 1 aromatic carbocycles. The van der Waals surface area contributed by atoms with Crippen molar-refractivity contribution in [2.24, 2.45) is 13.0 Å². The third-order valence-electron chi connectivity index (χ3n) is 4.92. The molecule has 1 amide bonds.